The number of hydrogen-bond acceptors (Lipinski definition) is 2. The third-order valence-electron chi connectivity index (χ3n) is 12.2. The lowest BCUT2D eigenvalue weighted by Crippen LogP contribution is -2.50. The molecule has 5 rings (SSSR count). The van der Waals surface area contributed by atoms with E-state index in [1.807, 2.05) is 0 Å². The molecule has 0 aromatic rings. The summed E-state index contributed by atoms with van der Waals surface area (Å²) in [4.78, 5) is 0. The molecule has 5 aliphatic carbocycles. The molecule has 0 amide bonds. The number of halogens is 2. The Balaban J connectivity index is 1.17. The standard InChI is InChI=1S/C30H50F2O2/c1-20(5-4-12-29(34)15-17-30(31,32)18-16-29)25-8-9-26-24-7-6-21-19-27(2,33)13-10-22(21)23(24)11-14-28(25,26)3/h20-26,33-34H,4-19H2,1-3H3/t20-,21+,22+,23-,24-,25-,26+,27+,28-/m1/s1. The van der Waals surface area contributed by atoms with Gasteiger partial charge in [0.1, 0.15) is 0 Å². The maximum absolute atomic E-state index is 13.5. The van der Waals surface area contributed by atoms with Gasteiger partial charge in [0.05, 0.1) is 11.2 Å². The molecule has 0 unspecified atom stereocenters. The molecule has 4 heteroatoms. The lowest BCUT2D eigenvalue weighted by atomic mass is 9.48. The van der Waals surface area contributed by atoms with Crippen molar-refractivity contribution in [3.8, 4) is 0 Å². The summed E-state index contributed by atoms with van der Waals surface area (Å²) in [5, 5.41) is 21.5. The van der Waals surface area contributed by atoms with Crippen LogP contribution in [-0.4, -0.2) is 27.3 Å². The maximum atomic E-state index is 13.5. The summed E-state index contributed by atoms with van der Waals surface area (Å²) in [6.45, 7) is 7.10. The van der Waals surface area contributed by atoms with Crippen molar-refractivity contribution >= 4 is 0 Å². The molecule has 0 radical (unpaired) electrons. The van der Waals surface area contributed by atoms with Crippen molar-refractivity contribution in [1.82, 2.24) is 0 Å². The highest BCUT2D eigenvalue weighted by atomic mass is 19.3. The molecule has 5 aliphatic rings. The summed E-state index contributed by atoms with van der Waals surface area (Å²) in [6.07, 6.45) is 14.5. The number of aliphatic hydroxyl groups is 2. The second kappa shape index (κ2) is 8.96. The van der Waals surface area contributed by atoms with Crippen molar-refractivity contribution in [3.05, 3.63) is 0 Å². The quantitative estimate of drug-likeness (QED) is 0.422. The molecule has 0 aromatic heterocycles. The first-order chi connectivity index (χ1) is 15.9. The summed E-state index contributed by atoms with van der Waals surface area (Å²) in [5.74, 6) is 3.10. The average molecular weight is 481 g/mol. The van der Waals surface area contributed by atoms with E-state index in [1.54, 1.807) is 0 Å². The lowest BCUT2D eigenvalue weighted by molar-refractivity contribution is -0.108. The zero-order chi connectivity index (χ0) is 24.4. The second-order valence-electron chi connectivity index (χ2n) is 14.4. The van der Waals surface area contributed by atoms with Gasteiger partial charge in [0, 0.05) is 12.8 Å². The van der Waals surface area contributed by atoms with Gasteiger partial charge in [0.25, 0.3) is 0 Å². The van der Waals surface area contributed by atoms with Crippen LogP contribution < -0.4 is 0 Å². The van der Waals surface area contributed by atoms with Crippen LogP contribution >= 0.6 is 0 Å². The predicted octanol–water partition coefficient (Wildman–Crippen LogP) is 7.75. The molecular formula is C30H50F2O2. The van der Waals surface area contributed by atoms with Crippen LogP contribution in [0.25, 0.3) is 0 Å². The highest BCUT2D eigenvalue weighted by Gasteiger charge is 2.58. The first-order valence-electron chi connectivity index (χ1n) is 14.7. The van der Waals surface area contributed by atoms with Crippen LogP contribution in [-0.2, 0) is 0 Å². The molecule has 2 N–H and O–H groups in total. The van der Waals surface area contributed by atoms with Gasteiger partial charge in [-0.25, -0.2) is 8.78 Å². The summed E-state index contributed by atoms with van der Waals surface area (Å²) >= 11 is 0. The lowest BCUT2D eigenvalue weighted by Gasteiger charge is -2.57. The Kier molecular flexibility index (Phi) is 6.70. The van der Waals surface area contributed by atoms with Crippen LogP contribution in [0.2, 0.25) is 0 Å². The normalized spacial score (nSPS) is 48.4. The van der Waals surface area contributed by atoms with E-state index in [2.05, 4.69) is 20.8 Å². The van der Waals surface area contributed by atoms with Gasteiger partial charge in [-0.1, -0.05) is 26.7 Å². The van der Waals surface area contributed by atoms with Crippen LogP contribution in [0, 0.1) is 46.8 Å². The smallest absolute Gasteiger partial charge is 0.248 e. The van der Waals surface area contributed by atoms with Gasteiger partial charge in [-0.2, -0.15) is 0 Å². The number of rotatable bonds is 5. The summed E-state index contributed by atoms with van der Waals surface area (Å²) in [7, 11) is 0. The molecule has 9 atom stereocenters. The van der Waals surface area contributed by atoms with Gasteiger partial charge in [0.2, 0.25) is 5.92 Å². The van der Waals surface area contributed by atoms with E-state index in [4.69, 9.17) is 0 Å². The molecule has 34 heavy (non-hydrogen) atoms. The van der Waals surface area contributed by atoms with E-state index in [9.17, 15) is 19.0 Å². The minimum atomic E-state index is -2.57. The third kappa shape index (κ3) is 4.73. The van der Waals surface area contributed by atoms with Gasteiger partial charge in [0.15, 0.2) is 0 Å². The van der Waals surface area contributed by atoms with Crippen molar-refractivity contribution in [2.24, 2.45) is 46.8 Å². The summed E-state index contributed by atoms with van der Waals surface area (Å²) < 4.78 is 27.0. The molecule has 5 saturated carbocycles. The zero-order valence-corrected chi connectivity index (χ0v) is 22.0. The van der Waals surface area contributed by atoms with Gasteiger partial charge in [-0.3, -0.25) is 0 Å². The Morgan fingerprint density at radius 1 is 0.794 bits per heavy atom. The van der Waals surface area contributed by atoms with Gasteiger partial charge in [-0.15, -0.1) is 0 Å². The molecule has 196 valence electrons. The molecule has 0 saturated heterocycles. The summed E-state index contributed by atoms with van der Waals surface area (Å²) in [6, 6.07) is 0. The fourth-order valence-corrected chi connectivity index (χ4v) is 10.3. The molecule has 0 bridgehead atoms. The molecule has 0 aliphatic heterocycles. The number of fused-ring (bicyclic) bond motifs is 5. The van der Waals surface area contributed by atoms with E-state index in [0.717, 1.165) is 61.2 Å². The number of alkyl halides is 2. The Bertz CT molecular complexity index is 725. The third-order valence-corrected chi connectivity index (χ3v) is 12.2. The topological polar surface area (TPSA) is 40.5 Å². The van der Waals surface area contributed by atoms with Crippen LogP contribution in [0.4, 0.5) is 8.78 Å². The first kappa shape index (κ1) is 25.4. The number of hydrogen-bond donors (Lipinski definition) is 2. The van der Waals surface area contributed by atoms with Crippen LogP contribution in [0.5, 0.6) is 0 Å². The zero-order valence-electron chi connectivity index (χ0n) is 22.0. The van der Waals surface area contributed by atoms with E-state index < -0.39 is 17.1 Å². The highest BCUT2D eigenvalue weighted by Crippen LogP contribution is 2.66. The Morgan fingerprint density at radius 2 is 1.50 bits per heavy atom. The fourth-order valence-electron chi connectivity index (χ4n) is 10.3. The van der Waals surface area contributed by atoms with Crippen molar-refractivity contribution in [3.63, 3.8) is 0 Å². The van der Waals surface area contributed by atoms with Crippen molar-refractivity contribution in [2.75, 3.05) is 0 Å². The maximum Gasteiger partial charge on any atom is 0.248 e. The van der Waals surface area contributed by atoms with E-state index in [0.29, 0.717) is 17.8 Å². The molecule has 0 heterocycles. The molecule has 0 aromatic carbocycles. The van der Waals surface area contributed by atoms with Gasteiger partial charge < -0.3 is 10.2 Å². The Hall–Kier alpha value is -0.220. The monoisotopic (exact) mass is 480 g/mol. The largest absolute Gasteiger partial charge is 0.390 e. The summed E-state index contributed by atoms with van der Waals surface area (Å²) in [5.41, 5.74) is -0.834. The molecule has 5 fully saturated rings. The van der Waals surface area contributed by atoms with Crippen LogP contribution in [0.15, 0.2) is 0 Å². The highest BCUT2D eigenvalue weighted by molar-refractivity contribution is 5.07. The minimum absolute atomic E-state index is 0.149. The van der Waals surface area contributed by atoms with Gasteiger partial charge >= 0.3 is 0 Å². The van der Waals surface area contributed by atoms with Crippen molar-refractivity contribution in [2.45, 2.75) is 141 Å². The first-order valence-corrected chi connectivity index (χ1v) is 14.7. The SMILES string of the molecule is C[C@H](CCCC1(O)CCC(F)(F)CC1)[C@H]1CC[C@H]2[C@@H]3CC[C@H]4C[C@@](C)(O)CC[C@@H]4[C@H]3CC[C@]12C. The predicted molar refractivity (Wildman–Crippen MR) is 133 cm³/mol. The van der Waals surface area contributed by atoms with E-state index >= 15 is 0 Å². The van der Waals surface area contributed by atoms with Crippen LogP contribution in [0.3, 0.4) is 0 Å². The molecule has 0 spiro atoms. The van der Waals surface area contributed by atoms with Gasteiger partial charge in [-0.05, 0) is 131 Å². The Morgan fingerprint density at radius 3 is 2.24 bits per heavy atom. The van der Waals surface area contributed by atoms with E-state index in [-0.39, 0.29) is 25.7 Å². The van der Waals surface area contributed by atoms with Crippen molar-refractivity contribution in [1.29, 1.82) is 0 Å². The van der Waals surface area contributed by atoms with Crippen LogP contribution in [0.1, 0.15) is 124 Å². The fraction of sp³-hybridized carbons (Fsp3) is 1.00. The van der Waals surface area contributed by atoms with E-state index in [1.165, 1.54) is 44.9 Å². The Labute approximate surface area is 206 Å². The average Bonchev–Trinajstić information content (AvgIpc) is 3.12. The second-order valence-corrected chi connectivity index (χ2v) is 14.4. The molecular weight excluding hydrogens is 430 g/mol. The van der Waals surface area contributed by atoms with Crippen molar-refractivity contribution < 1.29 is 19.0 Å². The minimum Gasteiger partial charge on any atom is -0.390 e. The molecule has 2 nitrogen and oxygen atoms in total.